The van der Waals surface area contributed by atoms with Gasteiger partial charge in [0.2, 0.25) is 0 Å². The van der Waals surface area contributed by atoms with Crippen LogP contribution < -0.4 is 4.74 Å². The molecule has 1 heterocycles. The lowest BCUT2D eigenvalue weighted by Crippen LogP contribution is -1.85. The van der Waals surface area contributed by atoms with E-state index in [9.17, 15) is 0 Å². The maximum absolute atomic E-state index is 8.59. The molecule has 86 valence electrons. The van der Waals surface area contributed by atoms with Crippen LogP contribution in [0.25, 0.3) is 10.6 Å². The van der Waals surface area contributed by atoms with Crippen LogP contribution in [0.3, 0.4) is 0 Å². The molecule has 0 saturated heterocycles. The first-order valence-electron chi connectivity index (χ1n) is 4.90. The Hall–Kier alpha value is -1.57. The molecule has 5 heteroatoms. The van der Waals surface area contributed by atoms with Gasteiger partial charge in [-0.05, 0) is 18.2 Å². The number of hydrogen-bond donors (Lipinski definition) is 0. The van der Waals surface area contributed by atoms with Gasteiger partial charge < -0.3 is 4.74 Å². The second-order valence-corrected chi connectivity index (χ2v) is 4.59. The number of hydrogen-bond acceptors (Lipinski definition) is 4. The highest BCUT2D eigenvalue weighted by Crippen LogP contribution is 2.33. The summed E-state index contributed by atoms with van der Waals surface area (Å²) in [6, 6.07) is 7.54. The first-order valence-corrected chi connectivity index (χ1v) is 6.15. The van der Waals surface area contributed by atoms with Crippen molar-refractivity contribution < 1.29 is 4.74 Å². The molecule has 0 radical (unpaired) electrons. The van der Waals surface area contributed by atoms with Crippen molar-refractivity contribution in [3.63, 3.8) is 0 Å². The zero-order chi connectivity index (χ0) is 12.3. The minimum absolute atomic E-state index is 0.324. The number of benzene rings is 1. The number of nitriles is 1. The van der Waals surface area contributed by atoms with Crippen molar-refractivity contribution in [3.8, 4) is 22.4 Å². The zero-order valence-corrected chi connectivity index (χ0v) is 10.7. The summed E-state index contributed by atoms with van der Waals surface area (Å²) < 4.78 is 5.09. The molecule has 0 atom stereocenters. The van der Waals surface area contributed by atoms with Crippen LogP contribution in [0.15, 0.2) is 23.6 Å². The highest BCUT2D eigenvalue weighted by atomic mass is 35.5. The van der Waals surface area contributed by atoms with Crippen molar-refractivity contribution in [3.05, 3.63) is 34.3 Å². The van der Waals surface area contributed by atoms with Crippen LogP contribution in [-0.4, -0.2) is 12.1 Å². The number of thiazole rings is 1. The number of ether oxygens (including phenoxy) is 1. The SMILES string of the molecule is COc1ccc(-c2nc(CC#N)cs2)c(Cl)c1. The van der Waals surface area contributed by atoms with E-state index < -0.39 is 0 Å². The van der Waals surface area contributed by atoms with Crippen LogP contribution in [-0.2, 0) is 6.42 Å². The molecule has 0 spiro atoms. The first-order chi connectivity index (χ1) is 8.24. The third-order valence-corrected chi connectivity index (χ3v) is 3.46. The fourth-order valence-corrected chi connectivity index (χ4v) is 2.56. The molecule has 2 aromatic rings. The van der Waals surface area contributed by atoms with Crippen LogP contribution in [0.5, 0.6) is 5.75 Å². The van der Waals surface area contributed by atoms with Gasteiger partial charge in [-0.15, -0.1) is 11.3 Å². The normalized spacial score (nSPS) is 9.94. The van der Waals surface area contributed by atoms with E-state index in [2.05, 4.69) is 11.1 Å². The lowest BCUT2D eigenvalue weighted by molar-refractivity contribution is 0.415. The van der Waals surface area contributed by atoms with E-state index in [-0.39, 0.29) is 0 Å². The van der Waals surface area contributed by atoms with Crippen molar-refractivity contribution in [1.29, 1.82) is 5.26 Å². The van der Waals surface area contributed by atoms with Gasteiger partial charge in [-0.1, -0.05) is 11.6 Å². The Bertz CT molecular complexity index is 574. The monoisotopic (exact) mass is 264 g/mol. The fourth-order valence-electron chi connectivity index (χ4n) is 1.39. The predicted molar refractivity (Wildman–Crippen MR) is 68.4 cm³/mol. The smallest absolute Gasteiger partial charge is 0.125 e. The number of nitrogens with zero attached hydrogens (tertiary/aromatic N) is 2. The van der Waals surface area contributed by atoms with Gasteiger partial charge >= 0.3 is 0 Å². The van der Waals surface area contributed by atoms with Crippen LogP contribution in [0.4, 0.5) is 0 Å². The van der Waals surface area contributed by atoms with Crippen molar-refractivity contribution in [1.82, 2.24) is 4.98 Å². The van der Waals surface area contributed by atoms with Crippen LogP contribution >= 0.6 is 22.9 Å². The maximum atomic E-state index is 8.59. The predicted octanol–water partition coefficient (Wildman–Crippen LogP) is 3.54. The molecule has 0 bridgehead atoms. The van der Waals surface area contributed by atoms with E-state index in [1.807, 2.05) is 17.5 Å². The summed E-state index contributed by atoms with van der Waals surface area (Å²) in [5.74, 6) is 0.715. The molecule has 0 fully saturated rings. The number of methoxy groups -OCH3 is 1. The standard InChI is InChI=1S/C12H9ClN2OS/c1-16-9-2-3-10(11(13)6-9)12-15-8(4-5-14)7-17-12/h2-3,6-7H,4H2,1H3. The Kier molecular flexibility index (Phi) is 3.62. The highest BCUT2D eigenvalue weighted by Gasteiger charge is 2.09. The zero-order valence-electron chi connectivity index (χ0n) is 9.11. The van der Waals surface area contributed by atoms with Gasteiger partial charge in [0.25, 0.3) is 0 Å². The van der Waals surface area contributed by atoms with E-state index in [1.54, 1.807) is 13.2 Å². The van der Waals surface area contributed by atoms with Gasteiger partial charge in [0.05, 0.1) is 30.3 Å². The number of halogens is 1. The van der Waals surface area contributed by atoms with Crippen molar-refractivity contribution >= 4 is 22.9 Å². The highest BCUT2D eigenvalue weighted by molar-refractivity contribution is 7.13. The molecule has 0 unspecified atom stereocenters. The Balaban J connectivity index is 2.36. The average molecular weight is 265 g/mol. The second kappa shape index (κ2) is 5.17. The van der Waals surface area contributed by atoms with E-state index in [1.165, 1.54) is 11.3 Å². The molecular formula is C12H9ClN2OS. The Labute approximate surface area is 108 Å². The molecule has 0 aliphatic heterocycles. The third kappa shape index (κ3) is 2.57. The summed E-state index contributed by atoms with van der Waals surface area (Å²) in [7, 11) is 1.60. The first kappa shape index (κ1) is 11.9. The van der Waals surface area contributed by atoms with Crippen LogP contribution in [0, 0.1) is 11.3 Å². The summed E-state index contributed by atoms with van der Waals surface area (Å²) in [5, 5.41) is 11.9. The topological polar surface area (TPSA) is 45.9 Å². The molecule has 2 rings (SSSR count). The van der Waals surface area contributed by atoms with Gasteiger partial charge in [-0.3, -0.25) is 0 Å². The molecule has 0 N–H and O–H groups in total. The number of aromatic nitrogens is 1. The van der Waals surface area contributed by atoms with Crippen LogP contribution in [0.1, 0.15) is 5.69 Å². The summed E-state index contributed by atoms with van der Waals surface area (Å²) in [6.45, 7) is 0. The van der Waals surface area contributed by atoms with Gasteiger partial charge in [-0.25, -0.2) is 4.98 Å². The largest absolute Gasteiger partial charge is 0.497 e. The van der Waals surface area contributed by atoms with E-state index in [0.29, 0.717) is 17.2 Å². The molecule has 0 aliphatic rings. The Morgan fingerprint density at radius 3 is 3.00 bits per heavy atom. The minimum atomic E-state index is 0.324. The van der Waals surface area contributed by atoms with Crippen molar-refractivity contribution in [2.75, 3.05) is 7.11 Å². The molecule has 1 aromatic carbocycles. The fraction of sp³-hybridized carbons (Fsp3) is 0.167. The average Bonchev–Trinajstić information content (AvgIpc) is 2.78. The molecule has 0 amide bonds. The lowest BCUT2D eigenvalue weighted by atomic mass is 10.2. The van der Waals surface area contributed by atoms with Gasteiger partial charge in [-0.2, -0.15) is 5.26 Å². The summed E-state index contributed by atoms with van der Waals surface area (Å²) in [6.07, 6.45) is 0.324. The second-order valence-electron chi connectivity index (χ2n) is 3.32. The van der Waals surface area contributed by atoms with Crippen LogP contribution in [0.2, 0.25) is 5.02 Å². The quantitative estimate of drug-likeness (QED) is 0.852. The number of rotatable bonds is 3. The van der Waals surface area contributed by atoms with Crippen molar-refractivity contribution in [2.45, 2.75) is 6.42 Å². The molecule has 3 nitrogen and oxygen atoms in total. The summed E-state index contributed by atoms with van der Waals surface area (Å²) in [5.41, 5.74) is 1.64. The molecule has 0 aliphatic carbocycles. The maximum Gasteiger partial charge on any atom is 0.125 e. The summed E-state index contributed by atoms with van der Waals surface area (Å²) >= 11 is 7.63. The minimum Gasteiger partial charge on any atom is -0.497 e. The third-order valence-electron chi connectivity index (χ3n) is 2.22. The molecule has 1 aromatic heterocycles. The van der Waals surface area contributed by atoms with Gasteiger partial charge in [0.15, 0.2) is 0 Å². The lowest BCUT2D eigenvalue weighted by Gasteiger charge is -2.03. The van der Waals surface area contributed by atoms with Gasteiger partial charge in [0.1, 0.15) is 10.8 Å². The van der Waals surface area contributed by atoms with E-state index >= 15 is 0 Å². The molecule has 17 heavy (non-hydrogen) atoms. The molecular weight excluding hydrogens is 256 g/mol. The molecule has 0 saturated carbocycles. The van der Waals surface area contributed by atoms with Crippen molar-refractivity contribution in [2.24, 2.45) is 0 Å². The van der Waals surface area contributed by atoms with Gasteiger partial charge in [0, 0.05) is 10.9 Å². The Morgan fingerprint density at radius 1 is 1.53 bits per heavy atom. The Morgan fingerprint density at radius 2 is 2.35 bits per heavy atom. The van der Waals surface area contributed by atoms with E-state index in [0.717, 1.165) is 16.3 Å². The summed E-state index contributed by atoms with van der Waals surface area (Å²) in [4.78, 5) is 4.36. The van der Waals surface area contributed by atoms with E-state index in [4.69, 9.17) is 21.6 Å².